The van der Waals surface area contributed by atoms with Gasteiger partial charge in [-0.15, -0.1) is 0 Å². The van der Waals surface area contributed by atoms with Crippen molar-refractivity contribution in [2.75, 3.05) is 26.2 Å². The number of halogens is 1. The number of benzene rings is 1. The summed E-state index contributed by atoms with van der Waals surface area (Å²) in [5, 5.41) is 3.64. The largest absolute Gasteiger partial charge is 0.310 e. The van der Waals surface area contributed by atoms with Crippen LogP contribution < -0.4 is 5.32 Å². The molecule has 3 heteroatoms. The molecule has 21 heavy (non-hydrogen) atoms. The highest BCUT2D eigenvalue weighted by Crippen LogP contribution is 2.24. The summed E-state index contributed by atoms with van der Waals surface area (Å²) in [6.45, 7) is 11.7. The Balaban J connectivity index is 1.89. The minimum Gasteiger partial charge on any atom is -0.310 e. The Bertz CT molecular complexity index is 418. The van der Waals surface area contributed by atoms with E-state index in [1.807, 2.05) is 0 Å². The molecular weight excluding hydrogens is 324 g/mol. The Hall–Kier alpha value is -0.380. The molecule has 0 bridgehead atoms. The van der Waals surface area contributed by atoms with Gasteiger partial charge in [-0.3, -0.25) is 0 Å². The fourth-order valence-electron chi connectivity index (χ4n) is 3.19. The Kier molecular flexibility index (Phi) is 6.72. The minimum atomic E-state index is 0.470. The maximum Gasteiger partial charge on any atom is 0.0332 e. The second-order valence-electron chi connectivity index (χ2n) is 6.49. The van der Waals surface area contributed by atoms with Crippen LogP contribution in [0, 0.1) is 11.8 Å². The third-order valence-corrected chi connectivity index (χ3v) is 5.40. The Morgan fingerprint density at radius 1 is 1.24 bits per heavy atom. The molecule has 1 aliphatic rings. The molecular formula is C18H29BrN2. The number of nitrogens with zero attached hydrogens (tertiary/aromatic N) is 1. The van der Waals surface area contributed by atoms with Crippen LogP contribution in [0.1, 0.15) is 45.2 Å². The van der Waals surface area contributed by atoms with E-state index < -0.39 is 0 Å². The topological polar surface area (TPSA) is 15.3 Å². The monoisotopic (exact) mass is 352 g/mol. The molecule has 0 saturated carbocycles. The van der Waals surface area contributed by atoms with Gasteiger partial charge in [0.05, 0.1) is 0 Å². The summed E-state index contributed by atoms with van der Waals surface area (Å²) in [6.07, 6.45) is 2.54. The second-order valence-corrected chi connectivity index (χ2v) is 7.41. The molecule has 1 saturated heterocycles. The van der Waals surface area contributed by atoms with Crippen molar-refractivity contribution in [3.63, 3.8) is 0 Å². The normalized spacial score (nSPS) is 25.0. The maximum absolute atomic E-state index is 3.64. The van der Waals surface area contributed by atoms with Crippen LogP contribution in [0.4, 0.5) is 0 Å². The SMILES string of the molecule is CCNC(CCN1CCC(C)C(C)C1)c1ccc(Br)cc1. The van der Waals surface area contributed by atoms with Crippen LogP contribution in [0.25, 0.3) is 0 Å². The van der Waals surface area contributed by atoms with Gasteiger partial charge in [0.15, 0.2) is 0 Å². The van der Waals surface area contributed by atoms with Gasteiger partial charge in [-0.2, -0.15) is 0 Å². The van der Waals surface area contributed by atoms with Crippen LogP contribution in [-0.4, -0.2) is 31.1 Å². The zero-order valence-electron chi connectivity index (χ0n) is 13.6. The number of hydrogen-bond donors (Lipinski definition) is 1. The van der Waals surface area contributed by atoms with Crippen molar-refractivity contribution in [2.24, 2.45) is 11.8 Å². The zero-order chi connectivity index (χ0) is 15.2. The van der Waals surface area contributed by atoms with Gasteiger partial charge in [0.25, 0.3) is 0 Å². The Morgan fingerprint density at radius 2 is 1.95 bits per heavy atom. The van der Waals surface area contributed by atoms with Gasteiger partial charge in [0.1, 0.15) is 0 Å². The molecule has 1 aromatic carbocycles. The Morgan fingerprint density at radius 3 is 2.57 bits per heavy atom. The molecule has 3 atom stereocenters. The maximum atomic E-state index is 3.64. The first-order chi connectivity index (χ1) is 10.1. The summed E-state index contributed by atoms with van der Waals surface area (Å²) in [5.74, 6) is 1.72. The highest BCUT2D eigenvalue weighted by molar-refractivity contribution is 9.10. The lowest BCUT2D eigenvalue weighted by Gasteiger charge is -2.36. The number of likely N-dealkylation sites (tertiary alicyclic amines) is 1. The molecule has 1 fully saturated rings. The summed E-state index contributed by atoms with van der Waals surface area (Å²) in [4.78, 5) is 2.65. The molecule has 0 spiro atoms. The molecule has 1 aromatic rings. The zero-order valence-corrected chi connectivity index (χ0v) is 15.2. The lowest BCUT2D eigenvalue weighted by molar-refractivity contribution is 0.133. The standard InChI is InChI=1S/C18H29BrN2/c1-4-20-18(16-5-7-17(19)8-6-16)10-12-21-11-9-14(2)15(3)13-21/h5-8,14-15,18,20H,4,9-13H2,1-3H3. The van der Waals surface area contributed by atoms with Crippen LogP contribution in [0.15, 0.2) is 28.7 Å². The lowest BCUT2D eigenvalue weighted by Crippen LogP contribution is -2.40. The average Bonchev–Trinajstić information content (AvgIpc) is 2.48. The molecule has 1 heterocycles. The highest BCUT2D eigenvalue weighted by Gasteiger charge is 2.23. The highest BCUT2D eigenvalue weighted by atomic mass is 79.9. The predicted octanol–water partition coefficient (Wildman–Crippen LogP) is 4.47. The van der Waals surface area contributed by atoms with Crippen molar-refractivity contribution in [1.82, 2.24) is 10.2 Å². The van der Waals surface area contributed by atoms with Gasteiger partial charge in [0.2, 0.25) is 0 Å². The number of nitrogens with one attached hydrogen (secondary N) is 1. The molecule has 3 unspecified atom stereocenters. The Labute approximate surface area is 138 Å². The fourth-order valence-corrected chi connectivity index (χ4v) is 3.46. The van der Waals surface area contributed by atoms with Crippen LogP contribution in [0.2, 0.25) is 0 Å². The average molecular weight is 353 g/mol. The molecule has 0 amide bonds. The van der Waals surface area contributed by atoms with Gasteiger partial charge >= 0.3 is 0 Å². The van der Waals surface area contributed by atoms with Gasteiger partial charge in [0, 0.05) is 17.1 Å². The summed E-state index contributed by atoms with van der Waals surface area (Å²) in [5.41, 5.74) is 1.40. The molecule has 0 aromatic heterocycles. The molecule has 1 N–H and O–H groups in total. The van der Waals surface area contributed by atoms with E-state index in [-0.39, 0.29) is 0 Å². The van der Waals surface area contributed by atoms with E-state index in [2.05, 4.69) is 71.2 Å². The van der Waals surface area contributed by atoms with E-state index in [1.54, 1.807) is 0 Å². The molecule has 2 rings (SSSR count). The summed E-state index contributed by atoms with van der Waals surface area (Å²) >= 11 is 3.52. The van der Waals surface area contributed by atoms with Gasteiger partial charge in [-0.1, -0.05) is 48.8 Å². The molecule has 2 nitrogen and oxygen atoms in total. The van der Waals surface area contributed by atoms with E-state index in [0.29, 0.717) is 6.04 Å². The van der Waals surface area contributed by atoms with Crippen LogP contribution in [-0.2, 0) is 0 Å². The van der Waals surface area contributed by atoms with Crippen molar-refractivity contribution < 1.29 is 0 Å². The van der Waals surface area contributed by atoms with Gasteiger partial charge in [-0.05, 0) is 62.0 Å². The smallest absolute Gasteiger partial charge is 0.0332 e. The van der Waals surface area contributed by atoms with E-state index in [1.165, 1.54) is 38.0 Å². The first kappa shape index (κ1) is 17.0. The summed E-state index contributed by atoms with van der Waals surface area (Å²) in [7, 11) is 0. The van der Waals surface area contributed by atoms with E-state index in [9.17, 15) is 0 Å². The molecule has 0 aliphatic carbocycles. The van der Waals surface area contributed by atoms with Gasteiger partial charge < -0.3 is 10.2 Å². The van der Waals surface area contributed by atoms with E-state index in [4.69, 9.17) is 0 Å². The fraction of sp³-hybridized carbons (Fsp3) is 0.667. The van der Waals surface area contributed by atoms with Crippen LogP contribution >= 0.6 is 15.9 Å². The van der Waals surface area contributed by atoms with Crippen molar-refractivity contribution in [2.45, 2.75) is 39.7 Å². The first-order valence-electron chi connectivity index (χ1n) is 8.31. The quantitative estimate of drug-likeness (QED) is 0.812. The summed E-state index contributed by atoms with van der Waals surface area (Å²) in [6, 6.07) is 9.23. The van der Waals surface area contributed by atoms with Gasteiger partial charge in [-0.25, -0.2) is 0 Å². The summed E-state index contributed by atoms with van der Waals surface area (Å²) < 4.78 is 1.15. The third-order valence-electron chi connectivity index (χ3n) is 4.88. The van der Waals surface area contributed by atoms with Crippen molar-refractivity contribution >= 4 is 15.9 Å². The van der Waals surface area contributed by atoms with Crippen molar-refractivity contribution in [1.29, 1.82) is 0 Å². The van der Waals surface area contributed by atoms with Crippen molar-refractivity contribution in [3.8, 4) is 0 Å². The lowest BCUT2D eigenvalue weighted by atomic mass is 9.88. The second kappa shape index (κ2) is 8.30. The predicted molar refractivity (Wildman–Crippen MR) is 94.6 cm³/mol. The number of rotatable bonds is 6. The van der Waals surface area contributed by atoms with Crippen LogP contribution in [0.5, 0.6) is 0 Å². The third kappa shape index (κ3) is 5.08. The number of piperidine rings is 1. The molecule has 118 valence electrons. The molecule has 1 aliphatic heterocycles. The van der Waals surface area contributed by atoms with Crippen molar-refractivity contribution in [3.05, 3.63) is 34.3 Å². The first-order valence-corrected chi connectivity index (χ1v) is 9.10. The van der Waals surface area contributed by atoms with E-state index in [0.717, 1.165) is 22.9 Å². The van der Waals surface area contributed by atoms with E-state index >= 15 is 0 Å². The molecule has 0 radical (unpaired) electrons. The minimum absolute atomic E-state index is 0.470. The van der Waals surface area contributed by atoms with Crippen LogP contribution in [0.3, 0.4) is 0 Å². The number of hydrogen-bond acceptors (Lipinski definition) is 2.